The van der Waals surface area contributed by atoms with Crippen molar-refractivity contribution in [2.24, 2.45) is 0 Å². The Labute approximate surface area is 134 Å². The van der Waals surface area contributed by atoms with E-state index in [2.05, 4.69) is 0 Å². The highest BCUT2D eigenvalue weighted by molar-refractivity contribution is 6.34. The maximum atomic E-state index is 12.6. The molecule has 0 unspecified atom stereocenters. The van der Waals surface area contributed by atoms with Crippen LogP contribution in [0.2, 0.25) is 10.0 Å². The van der Waals surface area contributed by atoms with Crippen LogP contribution in [0.25, 0.3) is 0 Å². The summed E-state index contributed by atoms with van der Waals surface area (Å²) in [7, 11) is 0. The van der Waals surface area contributed by atoms with Crippen molar-refractivity contribution in [2.75, 3.05) is 12.3 Å². The summed E-state index contributed by atoms with van der Waals surface area (Å²) >= 11 is 12.1. The van der Waals surface area contributed by atoms with E-state index in [1.807, 2.05) is 25.1 Å². The molecule has 0 fully saturated rings. The lowest BCUT2D eigenvalue weighted by Crippen LogP contribution is -2.30. The van der Waals surface area contributed by atoms with Gasteiger partial charge in [0.1, 0.15) is 0 Å². The molecule has 0 aliphatic heterocycles. The van der Waals surface area contributed by atoms with E-state index in [0.29, 0.717) is 34.4 Å². The summed E-state index contributed by atoms with van der Waals surface area (Å²) in [4.78, 5) is 14.3. The number of hydrogen-bond donors (Lipinski definition) is 1. The van der Waals surface area contributed by atoms with Crippen LogP contribution in [-0.4, -0.2) is 17.4 Å². The standard InChI is InChI=1S/C16H16Cl2N2O/c1-2-20(10-11-4-3-5-12(17)8-11)16(21)14-9-13(19)6-7-15(14)18/h3-9H,2,10,19H2,1H3. The first-order chi connectivity index (χ1) is 10.0. The molecule has 2 N–H and O–H groups in total. The van der Waals surface area contributed by atoms with Gasteiger partial charge < -0.3 is 10.6 Å². The van der Waals surface area contributed by atoms with Crippen molar-refractivity contribution in [1.29, 1.82) is 0 Å². The van der Waals surface area contributed by atoms with Crippen LogP contribution in [0.5, 0.6) is 0 Å². The summed E-state index contributed by atoms with van der Waals surface area (Å²) in [6, 6.07) is 12.4. The molecule has 1 amide bonds. The Hall–Kier alpha value is -1.71. The van der Waals surface area contributed by atoms with Crippen molar-refractivity contribution in [3.05, 3.63) is 63.6 Å². The van der Waals surface area contributed by atoms with Crippen LogP contribution in [0, 0.1) is 0 Å². The van der Waals surface area contributed by atoms with Crippen LogP contribution < -0.4 is 5.73 Å². The van der Waals surface area contributed by atoms with Gasteiger partial charge in [-0.1, -0.05) is 35.3 Å². The fourth-order valence-electron chi connectivity index (χ4n) is 2.06. The normalized spacial score (nSPS) is 10.4. The smallest absolute Gasteiger partial charge is 0.255 e. The molecule has 0 heterocycles. The molecule has 2 aromatic rings. The molecule has 3 nitrogen and oxygen atoms in total. The van der Waals surface area contributed by atoms with Crippen LogP contribution in [0.1, 0.15) is 22.8 Å². The minimum atomic E-state index is -0.144. The molecule has 0 saturated heterocycles. The summed E-state index contributed by atoms with van der Waals surface area (Å²) in [5, 5.41) is 1.05. The van der Waals surface area contributed by atoms with Crippen LogP contribution in [-0.2, 0) is 6.54 Å². The Morgan fingerprint density at radius 1 is 1.19 bits per heavy atom. The molecule has 0 saturated carbocycles. The molecule has 110 valence electrons. The lowest BCUT2D eigenvalue weighted by atomic mass is 10.1. The van der Waals surface area contributed by atoms with E-state index >= 15 is 0 Å². The van der Waals surface area contributed by atoms with Crippen LogP contribution in [0.4, 0.5) is 5.69 Å². The molecule has 0 aliphatic carbocycles. The number of carbonyl (C=O) groups excluding carboxylic acids is 1. The molecule has 2 aromatic carbocycles. The molecule has 0 aliphatic rings. The molecular formula is C16H16Cl2N2O. The van der Waals surface area contributed by atoms with E-state index in [9.17, 15) is 4.79 Å². The minimum Gasteiger partial charge on any atom is -0.399 e. The van der Waals surface area contributed by atoms with E-state index in [0.717, 1.165) is 5.56 Å². The zero-order chi connectivity index (χ0) is 15.4. The van der Waals surface area contributed by atoms with Gasteiger partial charge >= 0.3 is 0 Å². The van der Waals surface area contributed by atoms with Crippen molar-refractivity contribution in [2.45, 2.75) is 13.5 Å². The lowest BCUT2D eigenvalue weighted by Gasteiger charge is -2.22. The molecule has 0 bridgehead atoms. The monoisotopic (exact) mass is 322 g/mol. The molecular weight excluding hydrogens is 307 g/mol. The zero-order valence-electron chi connectivity index (χ0n) is 11.6. The number of benzene rings is 2. The van der Waals surface area contributed by atoms with Crippen LogP contribution >= 0.6 is 23.2 Å². The molecule has 0 spiro atoms. The van der Waals surface area contributed by atoms with Gasteiger partial charge in [0.2, 0.25) is 0 Å². The Bertz CT molecular complexity index is 658. The Balaban J connectivity index is 2.24. The predicted molar refractivity (Wildman–Crippen MR) is 87.7 cm³/mol. The molecule has 0 aromatic heterocycles. The summed E-state index contributed by atoms with van der Waals surface area (Å²) in [6.07, 6.45) is 0. The highest BCUT2D eigenvalue weighted by atomic mass is 35.5. The molecule has 0 atom stereocenters. The average Bonchev–Trinajstić information content (AvgIpc) is 2.46. The number of nitrogens with two attached hydrogens (primary N) is 1. The lowest BCUT2D eigenvalue weighted by molar-refractivity contribution is 0.0753. The van der Waals surface area contributed by atoms with E-state index in [1.165, 1.54) is 0 Å². The van der Waals surface area contributed by atoms with Crippen LogP contribution in [0.3, 0.4) is 0 Å². The quantitative estimate of drug-likeness (QED) is 0.856. The van der Waals surface area contributed by atoms with Crippen molar-refractivity contribution >= 4 is 34.8 Å². The Morgan fingerprint density at radius 3 is 2.62 bits per heavy atom. The number of rotatable bonds is 4. The number of hydrogen-bond acceptors (Lipinski definition) is 2. The molecule has 21 heavy (non-hydrogen) atoms. The number of halogens is 2. The van der Waals surface area contributed by atoms with Gasteiger partial charge in [0.05, 0.1) is 10.6 Å². The zero-order valence-corrected chi connectivity index (χ0v) is 13.2. The first kappa shape index (κ1) is 15.7. The fraction of sp³-hybridized carbons (Fsp3) is 0.188. The fourth-order valence-corrected chi connectivity index (χ4v) is 2.47. The van der Waals surface area contributed by atoms with Crippen LogP contribution in [0.15, 0.2) is 42.5 Å². The average molecular weight is 323 g/mol. The molecule has 2 rings (SSSR count). The van der Waals surface area contributed by atoms with Crippen molar-refractivity contribution in [3.8, 4) is 0 Å². The van der Waals surface area contributed by atoms with Gasteiger partial charge in [-0.3, -0.25) is 4.79 Å². The van der Waals surface area contributed by atoms with Gasteiger partial charge in [0, 0.05) is 23.8 Å². The molecule has 0 radical (unpaired) electrons. The van der Waals surface area contributed by atoms with Crippen molar-refractivity contribution < 1.29 is 4.79 Å². The van der Waals surface area contributed by atoms with Gasteiger partial charge in [0.25, 0.3) is 5.91 Å². The number of anilines is 1. The number of nitrogen functional groups attached to an aromatic ring is 1. The number of amides is 1. The third-order valence-corrected chi connectivity index (χ3v) is 3.72. The number of carbonyl (C=O) groups is 1. The highest BCUT2D eigenvalue weighted by Gasteiger charge is 2.17. The topological polar surface area (TPSA) is 46.3 Å². The summed E-state index contributed by atoms with van der Waals surface area (Å²) < 4.78 is 0. The van der Waals surface area contributed by atoms with E-state index in [4.69, 9.17) is 28.9 Å². The summed E-state index contributed by atoms with van der Waals surface area (Å²) in [6.45, 7) is 2.96. The van der Waals surface area contributed by atoms with Gasteiger partial charge in [-0.05, 0) is 42.8 Å². The van der Waals surface area contributed by atoms with E-state index in [1.54, 1.807) is 29.2 Å². The first-order valence-electron chi connectivity index (χ1n) is 6.60. The Morgan fingerprint density at radius 2 is 1.95 bits per heavy atom. The van der Waals surface area contributed by atoms with Gasteiger partial charge in [-0.25, -0.2) is 0 Å². The highest BCUT2D eigenvalue weighted by Crippen LogP contribution is 2.22. The second-order valence-electron chi connectivity index (χ2n) is 4.69. The van der Waals surface area contributed by atoms with E-state index < -0.39 is 0 Å². The predicted octanol–water partition coefficient (Wildman–Crippen LogP) is 4.24. The van der Waals surface area contributed by atoms with Crippen molar-refractivity contribution in [3.63, 3.8) is 0 Å². The van der Waals surface area contributed by atoms with Gasteiger partial charge in [-0.15, -0.1) is 0 Å². The van der Waals surface area contributed by atoms with Crippen molar-refractivity contribution in [1.82, 2.24) is 4.90 Å². The summed E-state index contributed by atoms with van der Waals surface area (Å²) in [5.41, 5.74) is 7.64. The second kappa shape index (κ2) is 6.83. The second-order valence-corrected chi connectivity index (χ2v) is 5.53. The van der Waals surface area contributed by atoms with Gasteiger partial charge in [-0.2, -0.15) is 0 Å². The Kier molecular flexibility index (Phi) is 5.10. The largest absolute Gasteiger partial charge is 0.399 e. The maximum Gasteiger partial charge on any atom is 0.255 e. The van der Waals surface area contributed by atoms with Gasteiger partial charge in [0.15, 0.2) is 0 Å². The molecule has 5 heteroatoms. The third-order valence-electron chi connectivity index (χ3n) is 3.15. The summed E-state index contributed by atoms with van der Waals surface area (Å²) in [5.74, 6) is -0.144. The minimum absolute atomic E-state index is 0.144. The SMILES string of the molecule is CCN(Cc1cccc(Cl)c1)C(=O)c1cc(N)ccc1Cl. The first-order valence-corrected chi connectivity index (χ1v) is 7.35. The maximum absolute atomic E-state index is 12.6. The van der Waals surface area contributed by atoms with E-state index in [-0.39, 0.29) is 5.91 Å². The number of nitrogens with zero attached hydrogens (tertiary/aromatic N) is 1. The third kappa shape index (κ3) is 3.90.